The fourth-order valence-corrected chi connectivity index (χ4v) is 0. The van der Waals surface area contributed by atoms with Crippen LogP contribution in [0.5, 0.6) is 0 Å². The molecule has 10 heavy (non-hydrogen) atoms. The molecule has 0 saturated heterocycles. The first-order chi connectivity index (χ1) is 3.25. The van der Waals surface area contributed by atoms with Crippen LogP contribution >= 0.6 is 0 Å². The largest absolute Gasteiger partial charge is 3.00 e. The van der Waals surface area contributed by atoms with Crippen molar-refractivity contribution in [3.05, 3.63) is 0 Å². The fourth-order valence-electron chi connectivity index (χ4n) is 0. The van der Waals surface area contributed by atoms with Gasteiger partial charge >= 0.3 is 47.3 Å². The van der Waals surface area contributed by atoms with Gasteiger partial charge in [0.2, 0.25) is 0 Å². The maximum atomic E-state index is 10.7. The molecule has 0 aliphatic rings. The summed E-state index contributed by atoms with van der Waals surface area (Å²) < 4.78 is 58.9. The zero-order valence-electron chi connectivity index (χ0n) is 4.27. The molecule has 0 rings (SSSR count). The van der Waals surface area contributed by atoms with Crippen LogP contribution in [-0.2, 0) is 10.1 Å². The normalized spacial score (nSPS) is 11.2. The van der Waals surface area contributed by atoms with Gasteiger partial charge in [0.15, 0.2) is 10.1 Å². The Kier molecular flexibility index (Phi) is 8.30. The van der Waals surface area contributed by atoms with Crippen molar-refractivity contribution in [2.24, 2.45) is 0 Å². The van der Waals surface area contributed by atoms with Crippen molar-refractivity contribution < 1.29 is 73.4 Å². The van der Waals surface area contributed by atoms with Gasteiger partial charge in [0.1, 0.15) is 0 Å². The summed E-state index contributed by atoms with van der Waals surface area (Å²) in [4.78, 5) is 0. The van der Waals surface area contributed by atoms with Crippen molar-refractivity contribution >= 4 is 10.1 Å². The topological polar surface area (TPSA) is 88.7 Å². The fraction of sp³-hybridized carbons (Fsp3) is 1.00. The molecule has 0 amide bonds. The Morgan fingerprint density at radius 1 is 1.20 bits per heavy atom. The molecular formula is CH2CeF3O4S+2. The quantitative estimate of drug-likeness (QED) is 0.435. The second-order valence-electron chi connectivity index (χ2n) is 0.900. The van der Waals surface area contributed by atoms with Crippen LogP contribution in [0.15, 0.2) is 0 Å². The number of halogens is 3. The first kappa shape index (κ1) is 17.2. The molecule has 4 nitrogen and oxygen atoms in total. The first-order valence-electron chi connectivity index (χ1n) is 1.27. The van der Waals surface area contributed by atoms with E-state index in [-0.39, 0.29) is 47.2 Å². The molecule has 0 aromatic rings. The van der Waals surface area contributed by atoms with Crippen LogP contribution in [0.25, 0.3) is 0 Å². The van der Waals surface area contributed by atoms with Crippen LogP contribution in [0.1, 0.15) is 0 Å². The minimum atomic E-state index is -6.09. The molecule has 1 radical (unpaired) electrons. The van der Waals surface area contributed by atoms with Crippen LogP contribution in [0.4, 0.5) is 13.2 Å². The average Bonchev–Trinajstić information content (AvgIpc) is 1.25. The number of hydrogen-bond donors (Lipinski definition) is 0. The van der Waals surface area contributed by atoms with Crippen molar-refractivity contribution in [3.63, 3.8) is 0 Å². The van der Waals surface area contributed by atoms with Crippen molar-refractivity contribution in [3.8, 4) is 0 Å². The van der Waals surface area contributed by atoms with Gasteiger partial charge in [-0.15, -0.1) is 0 Å². The van der Waals surface area contributed by atoms with Crippen molar-refractivity contribution in [2.75, 3.05) is 0 Å². The van der Waals surface area contributed by atoms with Gasteiger partial charge in [-0.3, -0.25) is 0 Å². The Labute approximate surface area is 88.2 Å². The molecule has 59 valence electrons. The number of hydrogen-bond acceptors (Lipinski definition) is 3. The summed E-state index contributed by atoms with van der Waals surface area (Å²) in [5.41, 5.74) is -5.65. The molecule has 0 aliphatic carbocycles. The Balaban J connectivity index is -0.000000245. The summed E-state index contributed by atoms with van der Waals surface area (Å²) in [7, 11) is -6.09. The van der Waals surface area contributed by atoms with Crippen molar-refractivity contribution in [2.45, 2.75) is 5.51 Å². The molecule has 0 unspecified atom stereocenters. The number of alkyl halides is 3. The van der Waals surface area contributed by atoms with Gasteiger partial charge in [0.05, 0.1) is 0 Å². The standard InChI is InChI=1S/CHF3O3S.Ce.H2O/c2-1(3,4)8(5,6)7;;/h(H,5,6,7);;1H2/q;+3;/p-1. The molecule has 0 aliphatic heterocycles. The predicted octanol–water partition coefficient (Wildman–Crippen LogP) is -0.773. The van der Waals surface area contributed by atoms with Gasteiger partial charge in [-0.1, -0.05) is 0 Å². The van der Waals surface area contributed by atoms with E-state index in [0.717, 1.165) is 0 Å². The van der Waals surface area contributed by atoms with E-state index in [1.165, 1.54) is 0 Å². The molecule has 2 N–H and O–H groups in total. The summed E-state index contributed by atoms with van der Waals surface area (Å²) in [5.74, 6) is 0. The van der Waals surface area contributed by atoms with Crippen LogP contribution in [0.2, 0.25) is 0 Å². The SMILES string of the molecule is O.O=S(=O)([O-])C(F)(F)F.[Ce+3]. The van der Waals surface area contributed by atoms with E-state index in [1.807, 2.05) is 0 Å². The third-order valence-corrected chi connectivity index (χ3v) is 0.850. The van der Waals surface area contributed by atoms with E-state index in [2.05, 4.69) is 0 Å². The van der Waals surface area contributed by atoms with Gasteiger partial charge in [0, 0.05) is 0 Å². The molecule has 0 aromatic heterocycles. The summed E-state index contributed by atoms with van der Waals surface area (Å²) >= 11 is 0. The van der Waals surface area contributed by atoms with Gasteiger partial charge in [0.25, 0.3) is 0 Å². The zero-order valence-corrected chi connectivity index (χ0v) is 8.22. The summed E-state index contributed by atoms with van der Waals surface area (Å²) in [6, 6.07) is 0. The molecule has 0 saturated carbocycles. The van der Waals surface area contributed by atoms with Gasteiger partial charge in [-0.25, -0.2) is 8.42 Å². The Morgan fingerprint density at radius 2 is 1.30 bits per heavy atom. The Morgan fingerprint density at radius 3 is 1.30 bits per heavy atom. The molecule has 9 heteroatoms. The van der Waals surface area contributed by atoms with Gasteiger partial charge in [-0.2, -0.15) is 13.2 Å². The summed E-state index contributed by atoms with van der Waals surface area (Å²) in [5, 5.41) is 0. The minimum Gasteiger partial charge on any atom is -0.741 e. The molecule has 0 bridgehead atoms. The maximum Gasteiger partial charge on any atom is 3.00 e. The molecule has 0 atom stereocenters. The number of rotatable bonds is 0. The van der Waals surface area contributed by atoms with E-state index in [0.29, 0.717) is 0 Å². The monoisotopic (exact) mass is 307 g/mol. The van der Waals surface area contributed by atoms with E-state index in [9.17, 15) is 13.2 Å². The zero-order chi connectivity index (χ0) is 7.00. The smallest absolute Gasteiger partial charge is 0.741 e. The van der Waals surface area contributed by atoms with Crippen molar-refractivity contribution in [1.29, 1.82) is 0 Å². The average molecular weight is 307 g/mol. The van der Waals surface area contributed by atoms with Crippen LogP contribution in [0.3, 0.4) is 0 Å². The van der Waals surface area contributed by atoms with E-state index < -0.39 is 15.6 Å². The third-order valence-electron chi connectivity index (χ3n) is 0.283. The Bertz CT molecular complexity index is 169. The van der Waals surface area contributed by atoms with Crippen LogP contribution in [-0.4, -0.2) is 24.0 Å². The van der Waals surface area contributed by atoms with Crippen molar-refractivity contribution in [1.82, 2.24) is 0 Å². The van der Waals surface area contributed by atoms with E-state index in [1.54, 1.807) is 0 Å². The predicted molar refractivity (Wildman–Crippen MR) is 19.4 cm³/mol. The van der Waals surface area contributed by atoms with Crippen LogP contribution in [0, 0.1) is 41.7 Å². The Hall–Kier alpha value is 1.04. The third kappa shape index (κ3) is 5.79. The second kappa shape index (κ2) is 4.82. The molecule has 0 aromatic carbocycles. The molecule has 0 fully saturated rings. The summed E-state index contributed by atoms with van der Waals surface area (Å²) in [6.45, 7) is 0. The van der Waals surface area contributed by atoms with E-state index in [4.69, 9.17) is 13.0 Å². The molecule has 0 spiro atoms. The van der Waals surface area contributed by atoms with Gasteiger partial charge in [-0.05, 0) is 0 Å². The second-order valence-corrected chi connectivity index (χ2v) is 2.27. The summed E-state index contributed by atoms with van der Waals surface area (Å²) in [6.07, 6.45) is 0. The molecule has 0 heterocycles. The first-order valence-corrected chi connectivity index (χ1v) is 2.68. The minimum absolute atomic E-state index is 0. The van der Waals surface area contributed by atoms with E-state index >= 15 is 0 Å². The van der Waals surface area contributed by atoms with Gasteiger partial charge < -0.3 is 10.0 Å². The maximum absolute atomic E-state index is 10.7. The molecular weight excluding hydrogens is 305 g/mol. The van der Waals surface area contributed by atoms with Crippen LogP contribution < -0.4 is 0 Å².